The van der Waals surface area contributed by atoms with Crippen molar-refractivity contribution in [2.75, 3.05) is 0 Å². The summed E-state index contributed by atoms with van der Waals surface area (Å²) in [4.78, 5) is 16.0. The van der Waals surface area contributed by atoms with Gasteiger partial charge in [-0.05, 0) is 45.7 Å². The van der Waals surface area contributed by atoms with Gasteiger partial charge in [0.05, 0.1) is 12.2 Å². The molecular weight excluding hydrogens is 228 g/mol. The van der Waals surface area contributed by atoms with Crippen molar-refractivity contribution in [3.05, 3.63) is 29.6 Å². The zero-order chi connectivity index (χ0) is 13.2. The molecule has 1 amide bonds. The highest BCUT2D eigenvalue weighted by atomic mass is 16.6. The molecule has 0 bridgehead atoms. The van der Waals surface area contributed by atoms with Gasteiger partial charge in [0, 0.05) is 11.6 Å². The third-order valence-corrected chi connectivity index (χ3v) is 2.64. The van der Waals surface area contributed by atoms with E-state index in [1.165, 1.54) is 12.8 Å². The quantitative estimate of drug-likeness (QED) is 0.894. The summed E-state index contributed by atoms with van der Waals surface area (Å²) in [6, 6.07) is 5.96. The average Bonchev–Trinajstić information content (AvgIpc) is 3.08. The molecule has 1 N–H and O–H groups in total. The maximum atomic E-state index is 11.5. The molecular formula is C14H20N2O2. The van der Waals surface area contributed by atoms with E-state index in [4.69, 9.17) is 4.74 Å². The Morgan fingerprint density at radius 2 is 2.17 bits per heavy atom. The van der Waals surface area contributed by atoms with E-state index in [0.717, 1.165) is 11.4 Å². The Kier molecular flexibility index (Phi) is 3.55. The summed E-state index contributed by atoms with van der Waals surface area (Å²) < 4.78 is 5.17. The van der Waals surface area contributed by atoms with Crippen LogP contribution in [0.1, 0.15) is 50.9 Å². The van der Waals surface area contributed by atoms with Crippen LogP contribution in [-0.4, -0.2) is 16.7 Å². The second-order valence-electron chi connectivity index (χ2n) is 5.68. The van der Waals surface area contributed by atoms with Crippen LogP contribution in [0, 0.1) is 0 Å². The molecule has 2 rings (SSSR count). The first-order valence-corrected chi connectivity index (χ1v) is 6.37. The molecule has 98 valence electrons. The van der Waals surface area contributed by atoms with Crippen LogP contribution in [0.4, 0.5) is 4.79 Å². The maximum absolute atomic E-state index is 11.5. The predicted molar refractivity (Wildman–Crippen MR) is 69.3 cm³/mol. The lowest BCUT2D eigenvalue weighted by molar-refractivity contribution is 0.0523. The molecule has 0 aliphatic heterocycles. The van der Waals surface area contributed by atoms with Crippen molar-refractivity contribution in [2.24, 2.45) is 0 Å². The van der Waals surface area contributed by atoms with Gasteiger partial charge in [0.1, 0.15) is 5.60 Å². The van der Waals surface area contributed by atoms with Crippen molar-refractivity contribution in [1.29, 1.82) is 0 Å². The lowest BCUT2D eigenvalue weighted by atomic mass is 10.2. The van der Waals surface area contributed by atoms with Crippen LogP contribution in [0.2, 0.25) is 0 Å². The van der Waals surface area contributed by atoms with Crippen molar-refractivity contribution in [3.8, 4) is 0 Å². The number of ether oxygens (including phenoxy) is 1. The second-order valence-corrected chi connectivity index (χ2v) is 5.68. The molecule has 1 heterocycles. The van der Waals surface area contributed by atoms with E-state index in [1.807, 2.05) is 32.9 Å². The van der Waals surface area contributed by atoms with Gasteiger partial charge < -0.3 is 10.1 Å². The number of pyridine rings is 1. The molecule has 1 aliphatic carbocycles. The number of amides is 1. The Labute approximate surface area is 108 Å². The van der Waals surface area contributed by atoms with Gasteiger partial charge in [0.2, 0.25) is 0 Å². The van der Waals surface area contributed by atoms with Gasteiger partial charge in [0.25, 0.3) is 0 Å². The SMILES string of the molecule is CC(C)(C)OC(=O)NCc1cccc(C2CC2)n1. The largest absolute Gasteiger partial charge is 0.444 e. The number of carbonyl (C=O) groups excluding carboxylic acids is 1. The fourth-order valence-corrected chi connectivity index (χ4v) is 1.68. The molecule has 4 nitrogen and oxygen atoms in total. The van der Waals surface area contributed by atoms with E-state index in [0.29, 0.717) is 12.5 Å². The zero-order valence-electron chi connectivity index (χ0n) is 11.2. The normalized spacial score (nSPS) is 15.3. The number of hydrogen-bond donors (Lipinski definition) is 1. The van der Waals surface area contributed by atoms with Crippen LogP contribution in [-0.2, 0) is 11.3 Å². The highest BCUT2D eigenvalue weighted by Gasteiger charge is 2.24. The van der Waals surface area contributed by atoms with Crippen molar-refractivity contribution in [1.82, 2.24) is 10.3 Å². The number of aromatic nitrogens is 1. The summed E-state index contributed by atoms with van der Waals surface area (Å²) in [5.41, 5.74) is 1.55. The van der Waals surface area contributed by atoms with Gasteiger partial charge in [-0.3, -0.25) is 4.98 Å². The Morgan fingerprint density at radius 3 is 2.78 bits per heavy atom. The smallest absolute Gasteiger partial charge is 0.407 e. The summed E-state index contributed by atoms with van der Waals surface area (Å²) in [5, 5.41) is 2.72. The first-order valence-electron chi connectivity index (χ1n) is 6.37. The van der Waals surface area contributed by atoms with Crippen LogP contribution < -0.4 is 5.32 Å². The molecule has 0 spiro atoms. The zero-order valence-corrected chi connectivity index (χ0v) is 11.2. The molecule has 0 atom stereocenters. The Hall–Kier alpha value is -1.58. The number of nitrogens with zero attached hydrogens (tertiary/aromatic N) is 1. The lowest BCUT2D eigenvalue weighted by Crippen LogP contribution is -2.32. The minimum Gasteiger partial charge on any atom is -0.444 e. The third kappa shape index (κ3) is 4.02. The number of nitrogens with one attached hydrogen (secondary N) is 1. The molecule has 0 unspecified atom stereocenters. The topological polar surface area (TPSA) is 51.2 Å². The van der Waals surface area contributed by atoms with Crippen molar-refractivity contribution < 1.29 is 9.53 Å². The standard InChI is InChI=1S/C14H20N2O2/c1-14(2,3)18-13(17)15-9-11-5-4-6-12(16-11)10-7-8-10/h4-6,10H,7-9H2,1-3H3,(H,15,17). The van der Waals surface area contributed by atoms with Gasteiger partial charge in [-0.2, -0.15) is 0 Å². The number of hydrogen-bond acceptors (Lipinski definition) is 3. The first-order chi connectivity index (χ1) is 8.44. The molecule has 4 heteroatoms. The summed E-state index contributed by atoms with van der Waals surface area (Å²) in [5.74, 6) is 0.631. The van der Waals surface area contributed by atoms with Gasteiger partial charge in [0.15, 0.2) is 0 Å². The fourth-order valence-electron chi connectivity index (χ4n) is 1.68. The second kappa shape index (κ2) is 4.96. The molecule has 0 radical (unpaired) electrons. The molecule has 0 aromatic carbocycles. The van der Waals surface area contributed by atoms with E-state index in [1.54, 1.807) is 0 Å². The van der Waals surface area contributed by atoms with Crippen molar-refractivity contribution in [2.45, 2.75) is 51.7 Å². The van der Waals surface area contributed by atoms with Gasteiger partial charge >= 0.3 is 6.09 Å². The minimum atomic E-state index is -0.465. The first kappa shape index (κ1) is 12.9. The van der Waals surface area contributed by atoms with Crippen molar-refractivity contribution >= 4 is 6.09 Å². The number of carbonyl (C=O) groups is 1. The minimum absolute atomic E-state index is 0.402. The van der Waals surface area contributed by atoms with E-state index in [9.17, 15) is 4.79 Å². The summed E-state index contributed by atoms with van der Waals surface area (Å²) in [6.45, 7) is 5.95. The van der Waals surface area contributed by atoms with E-state index in [-0.39, 0.29) is 0 Å². The fraction of sp³-hybridized carbons (Fsp3) is 0.571. The van der Waals surface area contributed by atoms with Gasteiger partial charge in [-0.1, -0.05) is 6.07 Å². The Balaban J connectivity index is 1.86. The molecule has 0 saturated heterocycles. The molecule has 1 fully saturated rings. The lowest BCUT2D eigenvalue weighted by Gasteiger charge is -2.19. The molecule has 1 aromatic heterocycles. The van der Waals surface area contributed by atoms with Crippen molar-refractivity contribution in [3.63, 3.8) is 0 Å². The van der Waals surface area contributed by atoms with Crippen LogP contribution in [0.25, 0.3) is 0 Å². The third-order valence-electron chi connectivity index (χ3n) is 2.64. The van der Waals surface area contributed by atoms with E-state index in [2.05, 4.69) is 16.4 Å². The van der Waals surface area contributed by atoms with E-state index < -0.39 is 11.7 Å². The summed E-state index contributed by atoms with van der Waals surface area (Å²) >= 11 is 0. The summed E-state index contributed by atoms with van der Waals surface area (Å²) in [7, 11) is 0. The molecule has 1 saturated carbocycles. The van der Waals surface area contributed by atoms with Gasteiger partial charge in [-0.25, -0.2) is 4.79 Å². The maximum Gasteiger partial charge on any atom is 0.407 e. The Bertz CT molecular complexity index is 434. The Morgan fingerprint density at radius 1 is 1.44 bits per heavy atom. The molecule has 18 heavy (non-hydrogen) atoms. The monoisotopic (exact) mass is 248 g/mol. The molecule has 1 aromatic rings. The summed E-state index contributed by atoms with van der Waals surface area (Å²) in [6.07, 6.45) is 2.06. The van der Waals surface area contributed by atoms with E-state index >= 15 is 0 Å². The van der Waals surface area contributed by atoms with Crippen LogP contribution >= 0.6 is 0 Å². The number of alkyl carbamates (subject to hydrolysis) is 1. The predicted octanol–water partition coefficient (Wildman–Crippen LogP) is 2.98. The molecule has 1 aliphatic rings. The average molecular weight is 248 g/mol. The highest BCUT2D eigenvalue weighted by Crippen LogP contribution is 2.38. The highest BCUT2D eigenvalue weighted by molar-refractivity contribution is 5.67. The van der Waals surface area contributed by atoms with Crippen LogP contribution in [0.3, 0.4) is 0 Å². The van der Waals surface area contributed by atoms with Crippen LogP contribution in [0.15, 0.2) is 18.2 Å². The van der Waals surface area contributed by atoms with Gasteiger partial charge in [-0.15, -0.1) is 0 Å². The number of rotatable bonds is 3. The van der Waals surface area contributed by atoms with Crippen LogP contribution in [0.5, 0.6) is 0 Å².